The molecule has 0 bridgehead atoms. The summed E-state index contributed by atoms with van der Waals surface area (Å²) in [6.45, 7) is 4.14. The van der Waals surface area contributed by atoms with Gasteiger partial charge in [-0.25, -0.2) is 0 Å². The quantitative estimate of drug-likeness (QED) is 0.782. The Balaban J connectivity index is 0.00000128. The Morgan fingerprint density at radius 3 is 2.31 bits per heavy atom. The maximum Gasteiger partial charge on any atom is 0.155 e. The molecule has 0 saturated carbocycles. The zero-order valence-electron chi connectivity index (χ0n) is 9.71. The van der Waals surface area contributed by atoms with Gasteiger partial charge in [-0.1, -0.05) is 6.07 Å². The van der Waals surface area contributed by atoms with Crippen LogP contribution >= 0.6 is 12.4 Å². The summed E-state index contributed by atoms with van der Waals surface area (Å²) in [4.78, 5) is 0.996. The van der Waals surface area contributed by atoms with Crippen molar-refractivity contribution in [2.75, 3.05) is 19.3 Å². The minimum Gasteiger partial charge on any atom is -0.612 e. The summed E-state index contributed by atoms with van der Waals surface area (Å²) in [5.41, 5.74) is 3.96. The van der Waals surface area contributed by atoms with Gasteiger partial charge in [-0.3, -0.25) is 0 Å². The third kappa shape index (κ3) is 2.92. The second-order valence-corrected chi connectivity index (χ2v) is 5.44. The highest BCUT2D eigenvalue weighted by Crippen LogP contribution is 2.22. The third-order valence-corrected chi connectivity index (χ3v) is 4.01. The van der Waals surface area contributed by atoms with Crippen LogP contribution in [0.5, 0.6) is 0 Å². The van der Waals surface area contributed by atoms with E-state index in [0.717, 1.165) is 36.4 Å². The van der Waals surface area contributed by atoms with Crippen molar-refractivity contribution in [3.63, 3.8) is 0 Å². The molecule has 0 spiro atoms. The van der Waals surface area contributed by atoms with Crippen molar-refractivity contribution in [2.45, 2.75) is 24.7 Å². The molecule has 0 radical (unpaired) electrons. The van der Waals surface area contributed by atoms with E-state index in [1.165, 1.54) is 11.1 Å². The van der Waals surface area contributed by atoms with Crippen molar-refractivity contribution < 1.29 is 4.55 Å². The Labute approximate surface area is 106 Å². The zero-order valence-corrected chi connectivity index (χ0v) is 11.3. The molecule has 16 heavy (non-hydrogen) atoms. The molecule has 1 heterocycles. The van der Waals surface area contributed by atoms with Crippen LogP contribution < -0.4 is 5.32 Å². The molecule has 0 aliphatic carbocycles. The Morgan fingerprint density at radius 1 is 1.19 bits per heavy atom. The topological polar surface area (TPSA) is 35.1 Å². The number of nitrogens with one attached hydrogen (secondary N) is 1. The van der Waals surface area contributed by atoms with Crippen LogP contribution in [-0.2, 0) is 24.0 Å². The first-order chi connectivity index (χ1) is 7.18. The standard InChI is InChI=1S/C12H17NOS.ClH/c1-9-7-10-3-5-13-6-4-11(10)8-12(9)15(2)14;/h7-8,13H,3-6H2,1-2H3;1H. The van der Waals surface area contributed by atoms with Gasteiger partial charge in [0.15, 0.2) is 4.90 Å². The molecule has 2 rings (SSSR count). The van der Waals surface area contributed by atoms with E-state index in [1.54, 1.807) is 6.26 Å². The Bertz CT molecular complexity index is 368. The fourth-order valence-corrected chi connectivity index (χ4v) is 2.96. The zero-order chi connectivity index (χ0) is 10.8. The monoisotopic (exact) mass is 259 g/mol. The SMILES string of the molecule is Cc1cc2c(cc1[S+](C)[O-])CCNCC2.Cl. The summed E-state index contributed by atoms with van der Waals surface area (Å²) in [5.74, 6) is 0. The highest BCUT2D eigenvalue weighted by molar-refractivity contribution is 7.90. The van der Waals surface area contributed by atoms with E-state index in [0.29, 0.717) is 0 Å². The smallest absolute Gasteiger partial charge is 0.155 e. The van der Waals surface area contributed by atoms with Gasteiger partial charge in [0, 0.05) is 5.56 Å². The molecule has 1 aliphatic heterocycles. The van der Waals surface area contributed by atoms with Crippen LogP contribution in [0.2, 0.25) is 0 Å². The molecule has 1 aromatic carbocycles. The maximum atomic E-state index is 11.5. The molecule has 0 amide bonds. The molecule has 1 unspecified atom stereocenters. The predicted molar refractivity (Wildman–Crippen MR) is 71.0 cm³/mol. The molecule has 0 fully saturated rings. The van der Waals surface area contributed by atoms with Gasteiger partial charge in [0.25, 0.3) is 0 Å². The summed E-state index contributed by atoms with van der Waals surface area (Å²) < 4.78 is 11.5. The fourth-order valence-electron chi connectivity index (χ4n) is 2.14. The molecule has 1 aliphatic rings. The van der Waals surface area contributed by atoms with Crippen LogP contribution in [0.1, 0.15) is 16.7 Å². The lowest BCUT2D eigenvalue weighted by atomic mass is 10.0. The molecular formula is C12H18ClNOS. The Hall–Kier alpha value is -0.220. The highest BCUT2D eigenvalue weighted by Gasteiger charge is 2.15. The van der Waals surface area contributed by atoms with Gasteiger partial charge in [-0.05, 0) is 61.2 Å². The average Bonchev–Trinajstić information content (AvgIpc) is 2.40. The van der Waals surface area contributed by atoms with E-state index in [-0.39, 0.29) is 12.4 Å². The van der Waals surface area contributed by atoms with Gasteiger partial charge in [-0.2, -0.15) is 0 Å². The second-order valence-electron chi connectivity index (χ2n) is 4.09. The molecule has 0 aromatic heterocycles. The van der Waals surface area contributed by atoms with Gasteiger partial charge in [-0.15, -0.1) is 12.4 Å². The van der Waals surface area contributed by atoms with Gasteiger partial charge in [0.2, 0.25) is 0 Å². The molecule has 0 saturated heterocycles. The van der Waals surface area contributed by atoms with E-state index in [2.05, 4.69) is 24.4 Å². The highest BCUT2D eigenvalue weighted by atomic mass is 35.5. The molecule has 1 atom stereocenters. The Kier molecular flexibility index (Phi) is 5.12. The summed E-state index contributed by atoms with van der Waals surface area (Å²) >= 11 is -0.865. The number of benzene rings is 1. The van der Waals surface area contributed by atoms with E-state index in [9.17, 15) is 4.55 Å². The minimum atomic E-state index is -0.865. The van der Waals surface area contributed by atoms with Crippen LogP contribution in [0, 0.1) is 6.92 Å². The largest absolute Gasteiger partial charge is 0.612 e. The summed E-state index contributed by atoms with van der Waals surface area (Å²) in [5, 5.41) is 3.39. The minimum absolute atomic E-state index is 0. The molecule has 1 aromatic rings. The number of rotatable bonds is 1. The van der Waals surface area contributed by atoms with E-state index < -0.39 is 11.2 Å². The predicted octanol–water partition coefficient (Wildman–Crippen LogP) is 1.84. The van der Waals surface area contributed by atoms with E-state index in [4.69, 9.17) is 0 Å². The van der Waals surface area contributed by atoms with Gasteiger partial charge < -0.3 is 9.87 Å². The fraction of sp³-hybridized carbons (Fsp3) is 0.500. The van der Waals surface area contributed by atoms with Crippen LogP contribution in [-0.4, -0.2) is 23.9 Å². The lowest BCUT2D eigenvalue weighted by molar-refractivity contribution is 0.600. The summed E-state index contributed by atoms with van der Waals surface area (Å²) in [6, 6.07) is 4.34. The first kappa shape index (κ1) is 13.8. The van der Waals surface area contributed by atoms with Crippen molar-refractivity contribution in [1.82, 2.24) is 5.32 Å². The number of aryl methyl sites for hydroxylation is 1. The summed E-state index contributed by atoms with van der Waals surface area (Å²) in [7, 11) is 0. The summed E-state index contributed by atoms with van der Waals surface area (Å²) in [6.07, 6.45) is 3.90. The van der Waals surface area contributed by atoms with Crippen molar-refractivity contribution in [3.05, 3.63) is 28.8 Å². The number of hydrogen-bond acceptors (Lipinski definition) is 2. The molecule has 4 heteroatoms. The molecular weight excluding hydrogens is 242 g/mol. The van der Waals surface area contributed by atoms with Crippen LogP contribution in [0.25, 0.3) is 0 Å². The number of halogens is 1. The van der Waals surface area contributed by atoms with E-state index in [1.807, 2.05) is 0 Å². The Morgan fingerprint density at radius 2 is 1.75 bits per heavy atom. The van der Waals surface area contributed by atoms with Crippen molar-refractivity contribution >= 4 is 23.6 Å². The van der Waals surface area contributed by atoms with Crippen molar-refractivity contribution in [2.24, 2.45) is 0 Å². The van der Waals surface area contributed by atoms with Gasteiger partial charge >= 0.3 is 0 Å². The van der Waals surface area contributed by atoms with Crippen molar-refractivity contribution in [3.8, 4) is 0 Å². The number of hydrogen-bond donors (Lipinski definition) is 1. The van der Waals surface area contributed by atoms with Gasteiger partial charge in [0.05, 0.1) is 0 Å². The van der Waals surface area contributed by atoms with Crippen LogP contribution in [0.15, 0.2) is 17.0 Å². The van der Waals surface area contributed by atoms with Crippen molar-refractivity contribution in [1.29, 1.82) is 0 Å². The second kappa shape index (κ2) is 5.92. The van der Waals surface area contributed by atoms with E-state index >= 15 is 0 Å². The average molecular weight is 260 g/mol. The molecule has 1 N–H and O–H groups in total. The molecule has 90 valence electrons. The first-order valence-electron chi connectivity index (χ1n) is 5.35. The third-order valence-electron chi connectivity index (χ3n) is 2.95. The maximum absolute atomic E-state index is 11.5. The van der Waals surface area contributed by atoms with Gasteiger partial charge in [0.1, 0.15) is 6.26 Å². The number of fused-ring (bicyclic) bond motifs is 1. The lowest BCUT2D eigenvalue weighted by Gasteiger charge is -2.12. The lowest BCUT2D eigenvalue weighted by Crippen LogP contribution is -2.16. The van der Waals surface area contributed by atoms with Crippen LogP contribution in [0.4, 0.5) is 0 Å². The van der Waals surface area contributed by atoms with Crippen LogP contribution in [0.3, 0.4) is 0 Å². The first-order valence-corrected chi connectivity index (χ1v) is 6.91. The molecule has 2 nitrogen and oxygen atoms in total. The normalized spacial score (nSPS) is 16.9.